The van der Waals surface area contributed by atoms with E-state index >= 15 is 0 Å². The third kappa shape index (κ3) is 18.2. The fraction of sp³-hybridized carbons (Fsp3) is 0.740. The first-order valence-electron chi connectivity index (χ1n) is 23.3. The molecule has 3 aliphatic rings. The van der Waals surface area contributed by atoms with Gasteiger partial charge >= 0.3 is 5.97 Å². The molecule has 4 N–H and O–H groups in total. The molecule has 1 amide bonds. The van der Waals surface area contributed by atoms with Gasteiger partial charge in [-0.2, -0.15) is 0 Å². The molecule has 1 aliphatic carbocycles. The zero-order chi connectivity index (χ0) is 47.3. The number of piperidine rings is 1. The number of nitrogens with zero attached hydrogens (tertiary/aromatic N) is 1. The van der Waals surface area contributed by atoms with Crippen LogP contribution in [0, 0.1) is 29.6 Å². The predicted octanol–water partition coefficient (Wildman–Crippen LogP) is 7.50. The molecule has 3 fully saturated rings. The molecule has 358 valence electrons. The van der Waals surface area contributed by atoms with Gasteiger partial charge in [-0.15, -0.1) is 0 Å². The summed E-state index contributed by atoms with van der Waals surface area (Å²) in [4.78, 5) is 64.5. The molecule has 0 aromatic rings. The van der Waals surface area contributed by atoms with Gasteiger partial charge in [-0.3, -0.25) is 19.2 Å². The molecule has 0 spiro atoms. The van der Waals surface area contributed by atoms with Crippen molar-refractivity contribution in [1.29, 1.82) is 0 Å². The minimum atomic E-state index is -2.16. The Hall–Kier alpha value is -3.33. The Morgan fingerprint density at radius 3 is 2.29 bits per heavy atom. The Morgan fingerprint density at radius 2 is 1.62 bits per heavy atom. The van der Waals surface area contributed by atoms with Crippen LogP contribution in [0.25, 0.3) is 0 Å². The summed E-state index contributed by atoms with van der Waals surface area (Å²) in [6, 6.07) is -1.06. The molecule has 13 nitrogen and oxygen atoms in total. The van der Waals surface area contributed by atoms with E-state index in [0.29, 0.717) is 62.0 Å². The molecule has 0 radical (unpaired) electrons. The second-order valence-electron chi connectivity index (χ2n) is 18.4. The number of carboxylic acids is 1. The van der Waals surface area contributed by atoms with Crippen molar-refractivity contribution in [2.24, 2.45) is 29.6 Å². The first-order valence-corrected chi connectivity index (χ1v) is 23.3. The Kier molecular flexibility index (Phi) is 25.3. The lowest BCUT2D eigenvalue weighted by atomic mass is 9.80. The first kappa shape index (κ1) is 55.8. The molecule has 3 rings (SSSR count). The number of aliphatic hydroxyl groups is 3. The zero-order valence-corrected chi connectivity index (χ0v) is 39.8. The number of Topliss-reactive ketones (excluding diaryl/α,β-unsaturated/α-hetero) is 3. The van der Waals surface area contributed by atoms with Gasteiger partial charge in [0.15, 0.2) is 5.78 Å². The topological polar surface area (TPSA) is 200 Å². The normalized spacial score (nSPS) is 26.0. The van der Waals surface area contributed by atoms with Gasteiger partial charge in [-0.25, -0.2) is 4.79 Å². The number of aliphatic hydroxyl groups excluding tert-OH is 2. The largest absolute Gasteiger partial charge is 0.480 e. The highest BCUT2D eigenvalue weighted by Crippen LogP contribution is 2.39. The lowest BCUT2D eigenvalue weighted by Crippen LogP contribution is -2.53. The molecular formula is C50H81NO12. The Morgan fingerprint density at radius 1 is 0.905 bits per heavy atom. The SMILES string of the molecule is CO.COC1CCCC(C[C@@H](C)CCC(=O)[C@H](C)/C=C(\C)C(O)[C@@H](OC)C(=O)C(C)C[C@H](C)/C=C/C=C/C=C(\C)CCCCCC2OC2(O)C(=O)C(=O)N2CCCCC2C(=O)O)C1. The number of ketones is 3. The van der Waals surface area contributed by atoms with Crippen LogP contribution in [0.3, 0.4) is 0 Å². The summed E-state index contributed by atoms with van der Waals surface area (Å²) in [5, 5.41) is 38.2. The van der Waals surface area contributed by atoms with Crippen molar-refractivity contribution in [3.8, 4) is 0 Å². The molecule has 63 heavy (non-hydrogen) atoms. The lowest BCUT2D eigenvalue weighted by molar-refractivity contribution is -0.161. The first-order chi connectivity index (χ1) is 29.9. The molecule has 0 bridgehead atoms. The molecule has 7 unspecified atom stereocenters. The number of methoxy groups -OCH3 is 2. The lowest BCUT2D eigenvalue weighted by Gasteiger charge is -2.32. The number of aliphatic carboxylic acids is 1. The van der Waals surface area contributed by atoms with Gasteiger partial charge in [-0.1, -0.05) is 95.4 Å². The predicted molar refractivity (Wildman–Crippen MR) is 244 cm³/mol. The number of amides is 1. The van der Waals surface area contributed by atoms with E-state index in [-0.39, 0.29) is 42.3 Å². The Labute approximate surface area is 377 Å². The molecule has 1 saturated carbocycles. The molecule has 2 aliphatic heterocycles. The number of epoxide rings is 1. The highest BCUT2D eigenvalue weighted by molar-refractivity contribution is 6.39. The average molecular weight is 888 g/mol. The van der Waals surface area contributed by atoms with Crippen LogP contribution >= 0.6 is 0 Å². The van der Waals surface area contributed by atoms with Gasteiger partial charge in [0.2, 0.25) is 0 Å². The standard InChI is InChI=1S/C49H77NO11.CH4O/c1-32(19-12-10-14-24-42-49(58,61-42)46(54)47(55)50-27-16-15-23-40(50)48(56)57)18-11-9-13-20-33(2)28-36(5)43(52)45(60-8)44(53)37(6)30-35(4)41(51)26-25-34(3)29-38-21-17-22-39(31-38)59-7;1-2/h9,11,13,18,20,30,33-36,38-40,42,44-45,53,58H,10,12,14-17,19,21-29,31H2,1-8H3,(H,56,57);2H,1H3/b11-9+,20-13+,32-18+,37-30+;/t33-,34+,35-,36?,38?,39?,40?,42?,44?,45+,49?;/m1./s1. The van der Waals surface area contributed by atoms with Gasteiger partial charge in [0, 0.05) is 46.1 Å². The monoisotopic (exact) mass is 888 g/mol. The summed E-state index contributed by atoms with van der Waals surface area (Å²) in [7, 11) is 4.23. The maximum atomic E-state index is 13.4. The van der Waals surface area contributed by atoms with Gasteiger partial charge in [0.1, 0.15) is 30.1 Å². The van der Waals surface area contributed by atoms with E-state index in [0.717, 1.165) is 57.0 Å². The molecule has 11 atom stereocenters. The number of hydrogen-bond donors (Lipinski definition) is 4. The smallest absolute Gasteiger partial charge is 0.326 e. The summed E-state index contributed by atoms with van der Waals surface area (Å²) in [5.74, 6) is -4.92. The number of likely N-dealkylation sites (tertiary alicyclic amines) is 1. The number of carboxylic acid groups (broad SMARTS) is 1. The van der Waals surface area contributed by atoms with Gasteiger partial charge < -0.3 is 39.5 Å². The van der Waals surface area contributed by atoms with Gasteiger partial charge in [-0.05, 0) is 108 Å². The fourth-order valence-corrected chi connectivity index (χ4v) is 9.11. The molecule has 2 heterocycles. The van der Waals surface area contributed by atoms with E-state index < -0.39 is 47.8 Å². The second-order valence-corrected chi connectivity index (χ2v) is 18.4. The van der Waals surface area contributed by atoms with E-state index in [1.165, 1.54) is 25.5 Å². The van der Waals surface area contributed by atoms with E-state index in [1.807, 2.05) is 51.2 Å². The second kappa shape index (κ2) is 28.6. The van der Waals surface area contributed by atoms with Crippen LogP contribution in [0.2, 0.25) is 0 Å². The van der Waals surface area contributed by atoms with Crippen molar-refractivity contribution in [3.63, 3.8) is 0 Å². The molecule has 2 saturated heterocycles. The number of allylic oxidation sites excluding steroid dienone is 7. The van der Waals surface area contributed by atoms with Crippen LogP contribution in [0.15, 0.2) is 47.6 Å². The van der Waals surface area contributed by atoms with E-state index in [1.54, 1.807) is 20.1 Å². The molecule has 13 heteroatoms. The molecule has 0 aromatic heterocycles. The van der Waals surface area contributed by atoms with Crippen molar-refractivity contribution >= 4 is 29.2 Å². The van der Waals surface area contributed by atoms with Crippen molar-refractivity contribution in [2.45, 2.75) is 181 Å². The van der Waals surface area contributed by atoms with Crippen LogP contribution < -0.4 is 0 Å². The van der Waals surface area contributed by atoms with Crippen LogP contribution in [0.5, 0.6) is 0 Å². The van der Waals surface area contributed by atoms with E-state index in [4.69, 9.17) is 19.3 Å². The number of unbranched alkanes of at least 4 members (excludes halogenated alkanes) is 2. The van der Waals surface area contributed by atoms with Crippen molar-refractivity contribution in [2.75, 3.05) is 27.9 Å². The van der Waals surface area contributed by atoms with Crippen LogP contribution in [0.4, 0.5) is 0 Å². The summed E-state index contributed by atoms with van der Waals surface area (Å²) >= 11 is 0. The van der Waals surface area contributed by atoms with Crippen molar-refractivity contribution in [3.05, 3.63) is 47.6 Å². The van der Waals surface area contributed by atoms with Crippen molar-refractivity contribution < 1.29 is 58.6 Å². The van der Waals surface area contributed by atoms with E-state index in [2.05, 4.69) is 13.8 Å². The molecule has 0 aromatic carbocycles. The van der Waals surface area contributed by atoms with Crippen molar-refractivity contribution in [1.82, 2.24) is 4.90 Å². The third-order valence-corrected chi connectivity index (χ3v) is 13.1. The van der Waals surface area contributed by atoms with Gasteiger partial charge in [0.25, 0.3) is 17.5 Å². The minimum absolute atomic E-state index is 0.104. The maximum absolute atomic E-state index is 13.4. The fourth-order valence-electron chi connectivity index (χ4n) is 9.11. The third-order valence-electron chi connectivity index (χ3n) is 13.1. The summed E-state index contributed by atoms with van der Waals surface area (Å²) in [5.41, 5.74) is 1.76. The van der Waals surface area contributed by atoms with Crippen LogP contribution in [-0.2, 0) is 38.2 Å². The average Bonchev–Trinajstić information content (AvgIpc) is 3.95. The number of hydrogen-bond acceptors (Lipinski definition) is 11. The summed E-state index contributed by atoms with van der Waals surface area (Å²) < 4.78 is 16.4. The number of rotatable bonds is 27. The number of carbonyl (C=O) groups excluding carboxylic acids is 4. The van der Waals surface area contributed by atoms with Crippen LogP contribution in [0.1, 0.15) is 144 Å². The minimum Gasteiger partial charge on any atom is -0.480 e. The Balaban J connectivity index is 0.00000672. The molecular weight excluding hydrogens is 807 g/mol. The number of ether oxygens (including phenoxy) is 3. The van der Waals surface area contributed by atoms with Crippen LogP contribution in [-0.4, -0.2) is 119 Å². The maximum Gasteiger partial charge on any atom is 0.326 e. The summed E-state index contributed by atoms with van der Waals surface area (Å²) in [6.07, 6.45) is 22.2. The summed E-state index contributed by atoms with van der Waals surface area (Å²) in [6.45, 7) is 12.0. The zero-order valence-electron chi connectivity index (χ0n) is 39.8. The van der Waals surface area contributed by atoms with Gasteiger partial charge in [0.05, 0.1) is 6.10 Å². The van der Waals surface area contributed by atoms with E-state index in [9.17, 15) is 39.3 Å². The highest BCUT2D eigenvalue weighted by Gasteiger charge is 2.64. The number of carbonyl (C=O) groups is 5. The highest BCUT2D eigenvalue weighted by atomic mass is 16.7. The quantitative estimate of drug-likeness (QED) is 0.0209. The Bertz CT molecular complexity index is 1590.